The lowest BCUT2D eigenvalue weighted by molar-refractivity contribution is -0.121. The molecule has 1 aromatic carbocycles. The van der Waals surface area contributed by atoms with Crippen LogP contribution in [-0.4, -0.2) is 36.1 Å². The Morgan fingerprint density at radius 2 is 2.09 bits per heavy atom. The summed E-state index contributed by atoms with van der Waals surface area (Å²) in [5, 5.41) is 2.25. The lowest BCUT2D eigenvalue weighted by Gasteiger charge is -2.26. The summed E-state index contributed by atoms with van der Waals surface area (Å²) in [6.45, 7) is 5.45. The van der Waals surface area contributed by atoms with Gasteiger partial charge in [0.25, 0.3) is 0 Å². The van der Waals surface area contributed by atoms with Gasteiger partial charge in [-0.1, -0.05) is 0 Å². The molecular formula is C15H15IN4O3. The Morgan fingerprint density at radius 3 is 2.70 bits per heavy atom. The van der Waals surface area contributed by atoms with Crippen molar-refractivity contribution in [2.45, 2.75) is 13.3 Å². The number of amidine groups is 1. The van der Waals surface area contributed by atoms with Crippen LogP contribution in [0, 0.1) is 3.57 Å². The third-order valence-corrected chi connectivity index (χ3v) is 3.72. The third-order valence-electron chi connectivity index (χ3n) is 3.00. The maximum absolute atomic E-state index is 11.7. The number of benzene rings is 1. The molecule has 0 bridgehead atoms. The number of allylic oxidation sites excluding steroid dienone is 1. The van der Waals surface area contributed by atoms with E-state index in [2.05, 4.69) is 44.6 Å². The molecule has 1 saturated heterocycles. The van der Waals surface area contributed by atoms with Gasteiger partial charge in [0, 0.05) is 22.2 Å². The summed E-state index contributed by atoms with van der Waals surface area (Å²) >= 11 is 2.19. The summed E-state index contributed by atoms with van der Waals surface area (Å²) in [4.78, 5) is 32.1. The van der Waals surface area contributed by atoms with E-state index in [1.165, 1.54) is 11.1 Å². The van der Waals surface area contributed by atoms with Crippen molar-refractivity contribution in [3.05, 3.63) is 39.7 Å². The molecule has 120 valence electrons. The van der Waals surface area contributed by atoms with Crippen LogP contribution in [0.1, 0.15) is 13.3 Å². The minimum Gasteiger partial charge on any atom is -0.424 e. The highest BCUT2D eigenvalue weighted by molar-refractivity contribution is 14.1. The first-order valence-electron chi connectivity index (χ1n) is 6.75. The van der Waals surface area contributed by atoms with Gasteiger partial charge in [0.2, 0.25) is 5.91 Å². The van der Waals surface area contributed by atoms with Crippen molar-refractivity contribution < 1.29 is 14.3 Å². The first-order valence-corrected chi connectivity index (χ1v) is 7.83. The zero-order valence-corrected chi connectivity index (χ0v) is 14.6. The number of carbonyl (C=O) groups excluding carboxylic acids is 2. The van der Waals surface area contributed by atoms with Gasteiger partial charge in [-0.2, -0.15) is 0 Å². The van der Waals surface area contributed by atoms with Crippen molar-refractivity contribution in [3.8, 4) is 5.75 Å². The van der Waals surface area contributed by atoms with Crippen LogP contribution in [0.4, 0.5) is 4.79 Å². The molecule has 3 amide bonds. The average molecular weight is 426 g/mol. The minimum atomic E-state index is -0.461. The standard InChI is InChI=1S/C15H15IN4O3/c1-10(20-8-7-13(21)19-15(20)22)9-18-14(17-2)23-12-5-3-11(16)4-6-12/h3-6,9H,2,7-8H2,1H3,(H,19,21,22)/b10-9+,18-14?. The number of carbonyl (C=O) groups is 2. The van der Waals surface area contributed by atoms with E-state index in [1.54, 1.807) is 19.1 Å². The topological polar surface area (TPSA) is 83.4 Å². The van der Waals surface area contributed by atoms with E-state index in [1.807, 2.05) is 12.1 Å². The molecule has 1 heterocycles. The molecule has 0 aromatic heterocycles. The van der Waals surface area contributed by atoms with E-state index in [-0.39, 0.29) is 18.3 Å². The summed E-state index contributed by atoms with van der Waals surface area (Å²) in [7, 11) is 0. The van der Waals surface area contributed by atoms with Crippen LogP contribution in [0.3, 0.4) is 0 Å². The highest BCUT2D eigenvalue weighted by Crippen LogP contribution is 2.14. The van der Waals surface area contributed by atoms with Gasteiger partial charge < -0.3 is 4.74 Å². The van der Waals surface area contributed by atoms with Gasteiger partial charge in [0.05, 0.1) is 6.20 Å². The van der Waals surface area contributed by atoms with Crippen molar-refractivity contribution in [2.75, 3.05) is 6.54 Å². The number of nitrogens with one attached hydrogen (secondary N) is 1. The second-order valence-corrected chi connectivity index (χ2v) is 5.90. The van der Waals surface area contributed by atoms with Crippen LogP contribution >= 0.6 is 22.6 Å². The largest absolute Gasteiger partial charge is 0.424 e. The van der Waals surface area contributed by atoms with Gasteiger partial charge in [0.1, 0.15) is 5.75 Å². The second kappa shape index (κ2) is 7.86. The van der Waals surface area contributed by atoms with Crippen molar-refractivity contribution in [2.24, 2.45) is 9.98 Å². The Hall–Kier alpha value is -2.23. The molecule has 2 rings (SSSR count). The van der Waals surface area contributed by atoms with E-state index in [0.717, 1.165) is 3.57 Å². The van der Waals surface area contributed by atoms with Gasteiger partial charge >= 0.3 is 12.1 Å². The lowest BCUT2D eigenvalue weighted by atomic mass is 10.3. The quantitative estimate of drug-likeness (QED) is 0.458. The third kappa shape index (κ3) is 4.88. The summed E-state index contributed by atoms with van der Waals surface area (Å²) < 4.78 is 6.58. The smallest absolute Gasteiger partial charge is 0.328 e. The zero-order valence-electron chi connectivity index (χ0n) is 12.5. The van der Waals surface area contributed by atoms with Crippen LogP contribution in [0.2, 0.25) is 0 Å². The summed E-state index contributed by atoms with van der Waals surface area (Å²) in [6, 6.07) is 6.99. The van der Waals surface area contributed by atoms with Gasteiger partial charge in [0.15, 0.2) is 0 Å². The molecular weight excluding hydrogens is 411 g/mol. The molecule has 1 fully saturated rings. The highest BCUT2D eigenvalue weighted by atomic mass is 127. The van der Waals surface area contributed by atoms with Gasteiger partial charge in [-0.3, -0.25) is 15.0 Å². The van der Waals surface area contributed by atoms with Crippen molar-refractivity contribution in [1.82, 2.24) is 10.2 Å². The van der Waals surface area contributed by atoms with E-state index in [4.69, 9.17) is 4.74 Å². The van der Waals surface area contributed by atoms with Crippen molar-refractivity contribution in [3.63, 3.8) is 0 Å². The molecule has 1 N–H and O–H groups in total. The van der Waals surface area contributed by atoms with Crippen LogP contribution in [0.25, 0.3) is 0 Å². The van der Waals surface area contributed by atoms with Crippen LogP contribution < -0.4 is 10.1 Å². The van der Waals surface area contributed by atoms with E-state index < -0.39 is 6.03 Å². The molecule has 0 radical (unpaired) electrons. The van der Waals surface area contributed by atoms with Gasteiger partial charge in [-0.15, -0.1) is 0 Å². The zero-order chi connectivity index (χ0) is 16.8. The van der Waals surface area contributed by atoms with Crippen LogP contribution in [0.15, 0.2) is 46.1 Å². The fourth-order valence-electron chi connectivity index (χ4n) is 1.83. The number of halogens is 1. The minimum absolute atomic E-state index is 0.0686. The monoisotopic (exact) mass is 426 g/mol. The summed E-state index contributed by atoms with van der Waals surface area (Å²) in [5.74, 6) is 0.307. The molecule has 0 saturated carbocycles. The van der Waals surface area contributed by atoms with E-state index in [9.17, 15) is 9.59 Å². The first-order chi connectivity index (χ1) is 11.0. The van der Waals surface area contributed by atoms with Crippen LogP contribution in [-0.2, 0) is 4.79 Å². The molecule has 1 aromatic rings. The molecule has 0 atom stereocenters. The number of hydrogen-bond donors (Lipinski definition) is 1. The SMILES string of the molecule is C=NC(=N/C=C(\C)N1CCC(=O)NC1=O)Oc1ccc(I)cc1. The van der Waals surface area contributed by atoms with Crippen molar-refractivity contribution >= 4 is 47.3 Å². The lowest BCUT2D eigenvalue weighted by Crippen LogP contribution is -2.48. The number of ether oxygens (including phenoxy) is 1. The van der Waals surface area contributed by atoms with Gasteiger partial charge in [-0.05, 0) is 60.5 Å². The maximum Gasteiger partial charge on any atom is 0.328 e. The fraction of sp³-hybridized carbons (Fsp3) is 0.200. The summed E-state index contributed by atoms with van der Waals surface area (Å²) in [6.07, 6.45) is 1.71. The molecule has 1 aliphatic rings. The molecule has 0 spiro atoms. The summed E-state index contributed by atoms with van der Waals surface area (Å²) in [5.41, 5.74) is 0.572. The predicted octanol–water partition coefficient (Wildman–Crippen LogP) is 2.53. The average Bonchev–Trinajstić information content (AvgIpc) is 2.53. The Morgan fingerprint density at radius 1 is 1.39 bits per heavy atom. The number of aliphatic imine (C=N–C) groups is 2. The van der Waals surface area contributed by atoms with Gasteiger partial charge in [-0.25, -0.2) is 14.8 Å². The number of hydrogen-bond acceptors (Lipinski definition) is 4. The number of urea groups is 1. The second-order valence-electron chi connectivity index (χ2n) is 4.65. The predicted molar refractivity (Wildman–Crippen MR) is 95.4 cm³/mol. The van der Waals surface area contributed by atoms with E-state index >= 15 is 0 Å². The fourth-order valence-corrected chi connectivity index (χ4v) is 2.19. The Kier molecular flexibility index (Phi) is 5.85. The molecule has 1 aliphatic heterocycles. The molecule has 7 nitrogen and oxygen atoms in total. The number of rotatable bonds is 3. The molecule has 0 unspecified atom stereocenters. The molecule has 23 heavy (non-hydrogen) atoms. The van der Waals surface area contributed by atoms with Crippen molar-refractivity contribution in [1.29, 1.82) is 0 Å². The highest BCUT2D eigenvalue weighted by Gasteiger charge is 2.23. The Bertz CT molecular complexity index is 682. The first kappa shape index (κ1) is 17.1. The maximum atomic E-state index is 11.7. The molecule has 0 aliphatic carbocycles. The Labute approximate surface area is 147 Å². The van der Waals surface area contributed by atoms with E-state index in [0.29, 0.717) is 18.0 Å². The van der Waals surface area contributed by atoms with Crippen LogP contribution in [0.5, 0.6) is 5.75 Å². The number of imide groups is 1. The number of nitrogens with zero attached hydrogens (tertiary/aromatic N) is 3. The normalized spacial score (nSPS) is 16.2. The molecule has 8 heteroatoms. The Balaban J connectivity index is 2.08. The number of amides is 3.